The monoisotopic (exact) mass is 169 g/mol. The fraction of sp³-hybridized carbons (Fsp3) is 0.429. The smallest absolute Gasteiger partial charge is 0.108 e. The van der Waals surface area contributed by atoms with Gasteiger partial charge in [0.15, 0.2) is 0 Å². The maximum absolute atomic E-state index is 5.39. The molecule has 0 amide bonds. The first kappa shape index (κ1) is 8.20. The van der Waals surface area contributed by atoms with E-state index in [1.54, 1.807) is 6.20 Å². The molecule has 0 fully saturated rings. The molecule has 0 saturated carbocycles. The normalized spacial score (nSPS) is 9.91. The number of nitrogens with two attached hydrogens (primary N) is 1. The standard InChI is InChI=1S/C7H11N3S/c1-2-7-9-3-4-10(7)5-6(8)11/h3-4H,2,5H2,1H3,(H2,8,11). The van der Waals surface area contributed by atoms with E-state index in [0.717, 1.165) is 12.2 Å². The molecule has 1 aromatic heterocycles. The van der Waals surface area contributed by atoms with Crippen LogP contribution in [0.3, 0.4) is 0 Å². The van der Waals surface area contributed by atoms with Gasteiger partial charge in [-0.25, -0.2) is 4.98 Å². The van der Waals surface area contributed by atoms with E-state index in [0.29, 0.717) is 11.5 Å². The van der Waals surface area contributed by atoms with Crippen molar-refractivity contribution in [1.29, 1.82) is 0 Å². The molecule has 2 N–H and O–H groups in total. The van der Waals surface area contributed by atoms with Gasteiger partial charge < -0.3 is 10.3 Å². The second kappa shape index (κ2) is 3.48. The van der Waals surface area contributed by atoms with Gasteiger partial charge in [0.1, 0.15) is 5.82 Å². The van der Waals surface area contributed by atoms with Crippen molar-refractivity contribution in [3.05, 3.63) is 18.2 Å². The number of hydrogen-bond donors (Lipinski definition) is 1. The average molecular weight is 169 g/mol. The maximum atomic E-state index is 5.39. The molecule has 0 bridgehead atoms. The maximum Gasteiger partial charge on any atom is 0.108 e. The van der Waals surface area contributed by atoms with Crippen LogP contribution < -0.4 is 5.73 Å². The van der Waals surface area contributed by atoms with Gasteiger partial charge in [-0.15, -0.1) is 0 Å². The summed E-state index contributed by atoms with van der Waals surface area (Å²) in [4.78, 5) is 4.63. The van der Waals surface area contributed by atoms with E-state index >= 15 is 0 Å². The van der Waals surface area contributed by atoms with Crippen LogP contribution in [-0.2, 0) is 13.0 Å². The van der Waals surface area contributed by atoms with Crippen LogP contribution in [0.4, 0.5) is 0 Å². The predicted octanol–water partition coefficient (Wildman–Crippen LogP) is 0.732. The summed E-state index contributed by atoms with van der Waals surface area (Å²) in [5, 5.41) is 0. The average Bonchev–Trinajstić information content (AvgIpc) is 2.34. The summed E-state index contributed by atoms with van der Waals surface area (Å²) in [6.45, 7) is 2.65. The van der Waals surface area contributed by atoms with Gasteiger partial charge in [-0.2, -0.15) is 0 Å². The fourth-order valence-electron chi connectivity index (χ4n) is 0.966. The minimum atomic E-state index is 0.498. The van der Waals surface area contributed by atoms with Crippen LogP contribution in [0, 0.1) is 0 Å². The molecule has 1 heterocycles. The van der Waals surface area contributed by atoms with Gasteiger partial charge in [0, 0.05) is 18.8 Å². The summed E-state index contributed by atoms with van der Waals surface area (Å²) in [6, 6.07) is 0. The van der Waals surface area contributed by atoms with Crippen LogP contribution in [0.15, 0.2) is 12.4 Å². The van der Waals surface area contributed by atoms with Gasteiger partial charge in [0.2, 0.25) is 0 Å². The van der Waals surface area contributed by atoms with Gasteiger partial charge in [-0.1, -0.05) is 19.1 Å². The van der Waals surface area contributed by atoms with E-state index in [1.165, 1.54) is 0 Å². The highest BCUT2D eigenvalue weighted by atomic mass is 32.1. The number of rotatable bonds is 3. The summed E-state index contributed by atoms with van der Waals surface area (Å²) >= 11 is 4.78. The summed E-state index contributed by atoms with van der Waals surface area (Å²) in [5.74, 6) is 1.03. The lowest BCUT2D eigenvalue weighted by atomic mass is 10.4. The topological polar surface area (TPSA) is 43.8 Å². The Hall–Kier alpha value is -0.900. The third-order valence-electron chi connectivity index (χ3n) is 1.44. The van der Waals surface area contributed by atoms with Crippen LogP contribution in [0.1, 0.15) is 12.7 Å². The minimum Gasteiger partial charge on any atom is -0.392 e. The van der Waals surface area contributed by atoms with E-state index < -0.39 is 0 Å². The van der Waals surface area contributed by atoms with Crippen LogP contribution in [0.25, 0.3) is 0 Å². The summed E-state index contributed by atoms with van der Waals surface area (Å²) in [5.41, 5.74) is 5.39. The van der Waals surface area contributed by atoms with Crippen molar-refractivity contribution in [2.24, 2.45) is 5.73 Å². The van der Waals surface area contributed by atoms with E-state index in [2.05, 4.69) is 11.9 Å². The molecular weight excluding hydrogens is 158 g/mol. The molecule has 0 saturated heterocycles. The highest BCUT2D eigenvalue weighted by Gasteiger charge is 1.99. The third-order valence-corrected chi connectivity index (χ3v) is 1.57. The van der Waals surface area contributed by atoms with Crippen molar-refractivity contribution in [3.8, 4) is 0 Å². The van der Waals surface area contributed by atoms with Crippen LogP contribution in [0.2, 0.25) is 0 Å². The SMILES string of the molecule is CCc1nccn1CC(N)=S. The zero-order valence-electron chi connectivity index (χ0n) is 6.45. The predicted molar refractivity (Wildman–Crippen MR) is 48.4 cm³/mol. The number of imidazole rings is 1. The molecule has 4 heteroatoms. The Morgan fingerprint density at radius 2 is 2.55 bits per heavy atom. The molecule has 3 nitrogen and oxygen atoms in total. The van der Waals surface area contributed by atoms with Crippen LogP contribution >= 0.6 is 12.2 Å². The quantitative estimate of drug-likeness (QED) is 0.678. The Morgan fingerprint density at radius 1 is 1.82 bits per heavy atom. The van der Waals surface area contributed by atoms with Gasteiger partial charge in [0.25, 0.3) is 0 Å². The number of thiocarbonyl (C=S) groups is 1. The zero-order valence-corrected chi connectivity index (χ0v) is 7.27. The second-order valence-corrected chi connectivity index (χ2v) is 2.82. The third kappa shape index (κ3) is 2.01. The molecule has 0 atom stereocenters. The molecule has 0 unspecified atom stereocenters. The van der Waals surface area contributed by atoms with E-state index in [9.17, 15) is 0 Å². The molecule has 11 heavy (non-hydrogen) atoms. The van der Waals surface area contributed by atoms with Crippen LogP contribution in [0.5, 0.6) is 0 Å². The van der Waals surface area contributed by atoms with Gasteiger partial charge in [0.05, 0.1) is 11.5 Å². The van der Waals surface area contributed by atoms with Gasteiger partial charge >= 0.3 is 0 Å². The van der Waals surface area contributed by atoms with Crippen molar-refractivity contribution in [2.45, 2.75) is 19.9 Å². The lowest BCUT2D eigenvalue weighted by Crippen LogP contribution is -2.17. The lowest BCUT2D eigenvalue weighted by molar-refractivity contribution is 0.770. The molecule has 0 aliphatic carbocycles. The Morgan fingerprint density at radius 3 is 3.09 bits per heavy atom. The van der Waals surface area contributed by atoms with Gasteiger partial charge in [-0.3, -0.25) is 0 Å². The molecule has 1 rings (SSSR count). The highest BCUT2D eigenvalue weighted by molar-refractivity contribution is 7.80. The Labute approximate surface area is 71.2 Å². The van der Waals surface area contributed by atoms with E-state index in [-0.39, 0.29) is 0 Å². The van der Waals surface area contributed by atoms with Crippen molar-refractivity contribution >= 4 is 17.2 Å². The number of hydrogen-bond acceptors (Lipinski definition) is 2. The van der Waals surface area contributed by atoms with Gasteiger partial charge in [-0.05, 0) is 0 Å². The molecule has 0 aromatic carbocycles. The molecule has 1 aromatic rings. The molecule has 60 valence electrons. The largest absolute Gasteiger partial charge is 0.392 e. The first-order valence-corrected chi connectivity index (χ1v) is 3.93. The molecule has 0 spiro atoms. The summed E-state index contributed by atoms with van der Waals surface area (Å²) in [6.07, 6.45) is 4.56. The second-order valence-electron chi connectivity index (χ2n) is 2.29. The molecule has 0 radical (unpaired) electrons. The van der Waals surface area contributed by atoms with Crippen LogP contribution in [-0.4, -0.2) is 14.5 Å². The van der Waals surface area contributed by atoms with Crippen molar-refractivity contribution in [3.63, 3.8) is 0 Å². The first-order chi connectivity index (χ1) is 5.24. The number of aryl methyl sites for hydroxylation is 1. The molecule has 0 aliphatic rings. The molecule has 0 aliphatic heterocycles. The Balaban J connectivity index is 2.76. The Bertz CT molecular complexity index is 254. The first-order valence-electron chi connectivity index (χ1n) is 3.52. The summed E-state index contributed by atoms with van der Waals surface area (Å²) in [7, 11) is 0. The Kier molecular flexibility index (Phi) is 2.59. The summed E-state index contributed by atoms with van der Waals surface area (Å²) < 4.78 is 1.96. The minimum absolute atomic E-state index is 0.498. The van der Waals surface area contributed by atoms with Crippen molar-refractivity contribution in [2.75, 3.05) is 0 Å². The number of aromatic nitrogens is 2. The van der Waals surface area contributed by atoms with Crippen molar-refractivity contribution < 1.29 is 0 Å². The van der Waals surface area contributed by atoms with E-state index in [4.69, 9.17) is 18.0 Å². The van der Waals surface area contributed by atoms with E-state index in [1.807, 2.05) is 10.8 Å². The highest BCUT2D eigenvalue weighted by Crippen LogP contribution is 1.97. The zero-order chi connectivity index (χ0) is 8.27. The fourth-order valence-corrected chi connectivity index (χ4v) is 1.11. The molecular formula is C7H11N3S. The number of nitrogens with zero attached hydrogens (tertiary/aromatic N) is 2. The van der Waals surface area contributed by atoms with Crippen molar-refractivity contribution in [1.82, 2.24) is 9.55 Å². The lowest BCUT2D eigenvalue weighted by Gasteiger charge is -2.03.